The number of carbonyl (C=O) groups excluding carboxylic acids is 1. The molecule has 0 spiro atoms. The van der Waals surface area contributed by atoms with Crippen molar-refractivity contribution >= 4 is 16.8 Å². The molecule has 2 aliphatic rings. The molecule has 5 heteroatoms. The molecule has 1 amide bonds. The molecule has 1 aliphatic carbocycles. The van der Waals surface area contributed by atoms with Crippen LogP contribution in [0.3, 0.4) is 0 Å². The fraction of sp³-hybridized carbons (Fsp3) is 0.545. The number of nitrogens with one attached hydrogen (secondary N) is 1. The Hall–Kier alpha value is -2.14. The first-order chi connectivity index (χ1) is 13.1. The Labute approximate surface area is 159 Å². The Balaban J connectivity index is 1.64. The van der Waals surface area contributed by atoms with Gasteiger partial charge in [0, 0.05) is 23.7 Å². The van der Waals surface area contributed by atoms with Gasteiger partial charge in [0.25, 0.3) is 11.5 Å². The number of carbonyl (C=O) groups is 1. The van der Waals surface area contributed by atoms with Gasteiger partial charge in [-0.15, -0.1) is 0 Å². The third kappa shape index (κ3) is 3.93. The summed E-state index contributed by atoms with van der Waals surface area (Å²) in [5.41, 5.74) is 2.51. The Kier molecular flexibility index (Phi) is 5.30. The first kappa shape index (κ1) is 18.2. The highest BCUT2D eigenvalue weighted by Gasteiger charge is 2.33. The zero-order chi connectivity index (χ0) is 18.8. The predicted molar refractivity (Wildman–Crippen MR) is 106 cm³/mol. The van der Waals surface area contributed by atoms with Crippen molar-refractivity contribution < 1.29 is 9.53 Å². The number of aromatic nitrogens is 1. The molecule has 0 unspecified atom stereocenters. The van der Waals surface area contributed by atoms with Crippen molar-refractivity contribution in [1.82, 2.24) is 9.88 Å². The van der Waals surface area contributed by atoms with Gasteiger partial charge in [-0.2, -0.15) is 0 Å². The minimum Gasteiger partial charge on any atom is -0.368 e. The summed E-state index contributed by atoms with van der Waals surface area (Å²) in [6.45, 7) is 3.03. The second-order valence-electron chi connectivity index (χ2n) is 7.97. The SMILES string of the molecule is Cc1ccc2cc(CN(C(=O)[C@H]3CCCO3)C3CCCCC3)c(=O)[nH]c2c1. The molecular formula is C22H28N2O3. The molecule has 1 aromatic heterocycles. The van der Waals surface area contributed by atoms with Gasteiger partial charge in [0.1, 0.15) is 6.10 Å². The summed E-state index contributed by atoms with van der Waals surface area (Å²) in [5, 5.41) is 1.00. The normalized spacial score (nSPS) is 20.9. The van der Waals surface area contributed by atoms with Crippen molar-refractivity contribution in [3.05, 3.63) is 45.7 Å². The first-order valence-corrected chi connectivity index (χ1v) is 10.2. The first-order valence-electron chi connectivity index (χ1n) is 10.2. The van der Waals surface area contributed by atoms with Crippen LogP contribution in [0.1, 0.15) is 56.1 Å². The Morgan fingerprint density at radius 2 is 1.96 bits per heavy atom. The van der Waals surface area contributed by atoms with Gasteiger partial charge in [-0.1, -0.05) is 31.4 Å². The van der Waals surface area contributed by atoms with Crippen LogP contribution in [-0.4, -0.2) is 34.5 Å². The number of hydrogen-bond acceptors (Lipinski definition) is 3. The summed E-state index contributed by atoms with van der Waals surface area (Å²) in [6, 6.07) is 8.20. The standard InChI is InChI=1S/C22H28N2O3/c1-15-9-10-16-13-17(21(25)23-19(16)12-15)14-24(18-6-3-2-4-7-18)22(26)20-8-5-11-27-20/h9-10,12-13,18,20H,2-8,11,14H2,1H3,(H,23,25)/t20-/m1/s1. The molecule has 2 aromatic rings. The lowest BCUT2D eigenvalue weighted by atomic mass is 9.93. The van der Waals surface area contributed by atoms with Crippen LogP contribution in [0, 0.1) is 6.92 Å². The Morgan fingerprint density at radius 1 is 1.15 bits per heavy atom. The summed E-state index contributed by atoms with van der Waals surface area (Å²) in [6.07, 6.45) is 6.94. The number of aryl methyl sites for hydroxylation is 1. The lowest BCUT2D eigenvalue weighted by molar-refractivity contribution is -0.144. The maximum Gasteiger partial charge on any atom is 0.253 e. The van der Waals surface area contributed by atoms with Gasteiger partial charge in [0.15, 0.2) is 0 Å². The van der Waals surface area contributed by atoms with Crippen molar-refractivity contribution in [1.29, 1.82) is 0 Å². The number of nitrogens with zero attached hydrogens (tertiary/aromatic N) is 1. The van der Waals surface area contributed by atoms with E-state index >= 15 is 0 Å². The number of rotatable bonds is 4. The molecule has 1 N–H and O–H groups in total. The van der Waals surface area contributed by atoms with E-state index < -0.39 is 0 Å². The highest BCUT2D eigenvalue weighted by atomic mass is 16.5. The van der Waals surface area contributed by atoms with Gasteiger partial charge < -0.3 is 14.6 Å². The van der Waals surface area contributed by atoms with Crippen LogP contribution in [0.4, 0.5) is 0 Å². The third-order valence-electron chi connectivity index (χ3n) is 5.92. The van der Waals surface area contributed by atoms with Crippen LogP contribution in [0.5, 0.6) is 0 Å². The lowest BCUT2D eigenvalue weighted by Crippen LogP contribution is -2.46. The monoisotopic (exact) mass is 368 g/mol. The molecule has 2 fully saturated rings. The summed E-state index contributed by atoms with van der Waals surface area (Å²) in [7, 11) is 0. The molecule has 2 heterocycles. The van der Waals surface area contributed by atoms with Gasteiger partial charge in [-0.05, 0) is 55.7 Å². The molecule has 1 aliphatic heterocycles. The van der Waals surface area contributed by atoms with Crippen LogP contribution in [-0.2, 0) is 16.1 Å². The number of benzene rings is 1. The van der Waals surface area contributed by atoms with Crippen LogP contribution in [0.2, 0.25) is 0 Å². The highest BCUT2D eigenvalue weighted by molar-refractivity contribution is 5.82. The largest absolute Gasteiger partial charge is 0.368 e. The van der Waals surface area contributed by atoms with Gasteiger partial charge in [-0.3, -0.25) is 9.59 Å². The van der Waals surface area contributed by atoms with Gasteiger partial charge in [-0.25, -0.2) is 0 Å². The number of hydrogen-bond donors (Lipinski definition) is 1. The molecule has 5 nitrogen and oxygen atoms in total. The average Bonchev–Trinajstić information content (AvgIpc) is 3.21. The van der Waals surface area contributed by atoms with Crippen LogP contribution >= 0.6 is 0 Å². The van der Waals surface area contributed by atoms with E-state index in [0.717, 1.165) is 55.0 Å². The topological polar surface area (TPSA) is 62.4 Å². The maximum atomic E-state index is 13.2. The fourth-order valence-corrected chi connectivity index (χ4v) is 4.40. The Morgan fingerprint density at radius 3 is 2.70 bits per heavy atom. The summed E-state index contributed by atoms with van der Waals surface area (Å²) < 4.78 is 5.66. The molecule has 0 bridgehead atoms. The van der Waals surface area contributed by atoms with Crippen LogP contribution in [0.25, 0.3) is 10.9 Å². The predicted octanol–water partition coefficient (Wildman–Crippen LogP) is 3.68. The number of amides is 1. The van der Waals surface area contributed by atoms with E-state index in [2.05, 4.69) is 4.98 Å². The van der Waals surface area contributed by atoms with Gasteiger partial charge >= 0.3 is 0 Å². The zero-order valence-electron chi connectivity index (χ0n) is 16.0. The number of fused-ring (bicyclic) bond motifs is 1. The fourth-order valence-electron chi connectivity index (χ4n) is 4.40. The summed E-state index contributed by atoms with van der Waals surface area (Å²) >= 11 is 0. The van der Waals surface area contributed by atoms with Crippen molar-refractivity contribution in [3.63, 3.8) is 0 Å². The maximum absolute atomic E-state index is 13.2. The molecule has 1 saturated carbocycles. The molecule has 0 radical (unpaired) electrons. The third-order valence-corrected chi connectivity index (χ3v) is 5.92. The second kappa shape index (κ2) is 7.85. The van der Waals surface area contributed by atoms with E-state index in [-0.39, 0.29) is 23.6 Å². The van der Waals surface area contributed by atoms with Crippen molar-refractivity contribution in [2.75, 3.05) is 6.61 Å². The zero-order valence-corrected chi connectivity index (χ0v) is 16.0. The van der Waals surface area contributed by atoms with E-state index in [1.54, 1.807) is 0 Å². The van der Waals surface area contributed by atoms with Crippen molar-refractivity contribution in [3.8, 4) is 0 Å². The quantitative estimate of drug-likeness (QED) is 0.895. The summed E-state index contributed by atoms with van der Waals surface area (Å²) in [4.78, 5) is 30.8. The number of pyridine rings is 1. The molecular weight excluding hydrogens is 340 g/mol. The van der Waals surface area contributed by atoms with E-state index in [9.17, 15) is 9.59 Å². The van der Waals surface area contributed by atoms with E-state index in [1.807, 2.05) is 36.1 Å². The van der Waals surface area contributed by atoms with Crippen LogP contribution < -0.4 is 5.56 Å². The number of ether oxygens (including phenoxy) is 1. The van der Waals surface area contributed by atoms with Gasteiger partial charge in [0.05, 0.1) is 6.54 Å². The second-order valence-corrected chi connectivity index (χ2v) is 7.97. The van der Waals surface area contributed by atoms with Crippen molar-refractivity contribution in [2.24, 2.45) is 0 Å². The summed E-state index contributed by atoms with van der Waals surface area (Å²) in [5.74, 6) is 0.0582. The number of H-pyrrole nitrogens is 1. The van der Waals surface area contributed by atoms with Crippen molar-refractivity contribution in [2.45, 2.75) is 70.6 Å². The lowest BCUT2D eigenvalue weighted by Gasteiger charge is -2.35. The van der Waals surface area contributed by atoms with Gasteiger partial charge in [0.2, 0.25) is 0 Å². The van der Waals surface area contributed by atoms with E-state index in [1.165, 1.54) is 6.42 Å². The molecule has 1 atom stereocenters. The molecule has 4 rings (SSSR count). The smallest absolute Gasteiger partial charge is 0.253 e. The highest BCUT2D eigenvalue weighted by Crippen LogP contribution is 2.27. The minimum absolute atomic E-state index is 0.0582. The molecule has 1 aromatic carbocycles. The van der Waals surface area contributed by atoms with Crippen LogP contribution in [0.15, 0.2) is 29.1 Å². The number of aromatic amines is 1. The molecule has 144 valence electrons. The molecule has 27 heavy (non-hydrogen) atoms. The van der Waals surface area contributed by atoms with E-state index in [0.29, 0.717) is 18.7 Å². The minimum atomic E-state index is -0.339. The molecule has 1 saturated heterocycles. The van der Waals surface area contributed by atoms with E-state index in [4.69, 9.17) is 4.74 Å². The average molecular weight is 368 g/mol. The Bertz CT molecular complexity index is 877.